The van der Waals surface area contributed by atoms with Crippen LogP contribution in [0.15, 0.2) is 12.1 Å². The fourth-order valence-corrected chi connectivity index (χ4v) is 2.12. The molecule has 1 aliphatic heterocycles. The number of nitrogens with two attached hydrogens (primary N) is 1. The van der Waals surface area contributed by atoms with Crippen molar-refractivity contribution in [3.8, 4) is 0 Å². The van der Waals surface area contributed by atoms with Gasteiger partial charge < -0.3 is 10.7 Å². The molecule has 0 bridgehead atoms. The molecule has 1 aliphatic rings. The molecular weight excluding hydrogens is 233 g/mol. The zero-order valence-electron chi connectivity index (χ0n) is 8.43. The summed E-state index contributed by atoms with van der Waals surface area (Å²) >= 11 is 12.1. The molecule has 5 heteroatoms. The second-order valence-electron chi connectivity index (χ2n) is 3.78. The van der Waals surface area contributed by atoms with Gasteiger partial charge in [-0.3, -0.25) is 0 Å². The number of nitrogens with one attached hydrogen (secondary N) is 1. The highest BCUT2D eigenvalue weighted by molar-refractivity contribution is 6.42. The van der Waals surface area contributed by atoms with Crippen molar-refractivity contribution in [2.75, 3.05) is 11.6 Å². The first-order valence-electron chi connectivity index (χ1n) is 4.83. The minimum atomic E-state index is 0.109. The minimum Gasteiger partial charge on any atom is -0.326 e. The van der Waals surface area contributed by atoms with Crippen LogP contribution in [0.1, 0.15) is 12.5 Å². The molecule has 0 radical (unpaired) electrons. The monoisotopic (exact) mass is 245 g/mol. The molecule has 2 rings (SSSR count). The molecule has 1 atom stereocenters. The molecular formula is C10H13Cl2N3. The van der Waals surface area contributed by atoms with Crippen molar-refractivity contribution < 1.29 is 0 Å². The standard InChI is InChI=1S/C10H13Cl2N3/c1-6(13)5-15-9-3-2-8(11)10(12)7(9)4-14-15/h2-3,6,14H,4-5,13H2,1H3/t6-/m0/s1. The Labute approximate surface area is 99.1 Å². The molecule has 0 spiro atoms. The summed E-state index contributed by atoms with van der Waals surface area (Å²) in [5.41, 5.74) is 11.1. The number of nitrogens with zero attached hydrogens (tertiary/aromatic N) is 1. The Morgan fingerprint density at radius 2 is 2.27 bits per heavy atom. The zero-order valence-corrected chi connectivity index (χ0v) is 9.94. The predicted octanol–water partition coefficient (Wildman–Crippen LogP) is 2.17. The highest BCUT2D eigenvalue weighted by Crippen LogP contribution is 2.35. The lowest BCUT2D eigenvalue weighted by atomic mass is 10.2. The van der Waals surface area contributed by atoms with Gasteiger partial charge in [0.1, 0.15) is 0 Å². The van der Waals surface area contributed by atoms with Gasteiger partial charge in [-0.1, -0.05) is 23.2 Å². The topological polar surface area (TPSA) is 41.3 Å². The van der Waals surface area contributed by atoms with Gasteiger partial charge in [-0.2, -0.15) is 0 Å². The average Bonchev–Trinajstić information content (AvgIpc) is 2.55. The molecule has 0 aliphatic carbocycles. The maximum absolute atomic E-state index is 6.11. The first-order valence-corrected chi connectivity index (χ1v) is 5.58. The molecule has 0 fully saturated rings. The lowest BCUT2D eigenvalue weighted by Crippen LogP contribution is -2.40. The van der Waals surface area contributed by atoms with E-state index < -0.39 is 0 Å². The molecule has 1 aromatic carbocycles. The predicted molar refractivity (Wildman–Crippen MR) is 64.3 cm³/mol. The number of anilines is 1. The number of hydrazine groups is 1. The first-order chi connectivity index (χ1) is 7.09. The van der Waals surface area contributed by atoms with Crippen LogP contribution in [0.3, 0.4) is 0 Å². The summed E-state index contributed by atoms with van der Waals surface area (Å²) in [6, 6.07) is 3.88. The van der Waals surface area contributed by atoms with Gasteiger partial charge in [-0.05, 0) is 19.1 Å². The average molecular weight is 246 g/mol. The van der Waals surface area contributed by atoms with E-state index in [1.165, 1.54) is 0 Å². The minimum absolute atomic E-state index is 0.109. The van der Waals surface area contributed by atoms with Crippen LogP contribution in [0.5, 0.6) is 0 Å². The van der Waals surface area contributed by atoms with Gasteiger partial charge in [0.15, 0.2) is 0 Å². The van der Waals surface area contributed by atoms with Gasteiger partial charge in [0.25, 0.3) is 0 Å². The van der Waals surface area contributed by atoms with Gasteiger partial charge in [0.2, 0.25) is 0 Å². The first kappa shape index (κ1) is 11.0. The van der Waals surface area contributed by atoms with Crippen LogP contribution in [-0.2, 0) is 6.54 Å². The van der Waals surface area contributed by atoms with E-state index in [1.807, 2.05) is 24.1 Å². The molecule has 0 saturated heterocycles. The Bertz CT molecular complexity index is 379. The number of hydrogen-bond acceptors (Lipinski definition) is 3. The summed E-state index contributed by atoms with van der Waals surface area (Å²) in [6.07, 6.45) is 0. The van der Waals surface area contributed by atoms with Gasteiger partial charge in [0, 0.05) is 24.7 Å². The van der Waals surface area contributed by atoms with Crippen LogP contribution < -0.4 is 16.2 Å². The third-order valence-electron chi connectivity index (χ3n) is 2.38. The van der Waals surface area contributed by atoms with Crippen molar-refractivity contribution >= 4 is 28.9 Å². The summed E-state index contributed by atoms with van der Waals surface area (Å²) in [5.74, 6) is 0. The van der Waals surface area contributed by atoms with E-state index >= 15 is 0 Å². The molecule has 0 saturated carbocycles. The number of benzene rings is 1. The molecule has 3 nitrogen and oxygen atoms in total. The SMILES string of the molecule is C[C@H](N)CN1NCc2c1ccc(Cl)c2Cl. The molecule has 82 valence electrons. The third-order valence-corrected chi connectivity index (χ3v) is 3.22. The second kappa shape index (κ2) is 4.18. The molecule has 15 heavy (non-hydrogen) atoms. The normalized spacial score (nSPS) is 16.7. The van der Waals surface area contributed by atoms with Crippen molar-refractivity contribution in [2.24, 2.45) is 5.73 Å². The summed E-state index contributed by atoms with van der Waals surface area (Å²) in [5, 5.41) is 3.25. The number of fused-ring (bicyclic) bond motifs is 1. The number of hydrogen-bond donors (Lipinski definition) is 2. The van der Waals surface area contributed by atoms with E-state index in [0.29, 0.717) is 16.6 Å². The van der Waals surface area contributed by atoms with Crippen LogP contribution in [0.4, 0.5) is 5.69 Å². The van der Waals surface area contributed by atoms with Crippen LogP contribution in [0, 0.1) is 0 Å². The fourth-order valence-electron chi connectivity index (χ4n) is 1.71. The van der Waals surface area contributed by atoms with Crippen molar-refractivity contribution in [1.82, 2.24) is 5.43 Å². The molecule has 3 N–H and O–H groups in total. The van der Waals surface area contributed by atoms with E-state index in [1.54, 1.807) is 0 Å². The molecule has 1 aromatic rings. The number of rotatable bonds is 2. The summed E-state index contributed by atoms with van der Waals surface area (Å²) in [4.78, 5) is 0. The van der Waals surface area contributed by atoms with Crippen LogP contribution in [0.2, 0.25) is 10.0 Å². The highest BCUT2D eigenvalue weighted by Gasteiger charge is 2.22. The van der Waals surface area contributed by atoms with Gasteiger partial charge in [-0.15, -0.1) is 0 Å². The maximum Gasteiger partial charge on any atom is 0.0659 e. The van der Waals surface area contributed by atoms with Crippen molar-refractivity contribution in [2.45, 2.75) is 19.5 Å². The number of halogens is 2. The largest absolute Gasteiger partial charge is 0.326 e. The van der Waals surface area contributed by atoms with E-state index in [9.17, 15) is 0 Å². The quantitative estimate of drug-likeness (QED) is 0.840. The Kier molecular flexibility index (Phi) is 3.07. The molecule has 0 aromatic heterocycles. The fraction of sp³-hybridized carbons (Fsp3) is 0.400. The Morgan fingerprint density at radius 1 is 1.53 bits per heavy atom. The molecule has 0 unspecified atom stereocenters. The molecule has 0 amide bonds. The van der Waals surface area contributed by atoms with Gasteiger partial charge in [-0.25, -0.2) is 5.43 Å². The van der Waals surface area contributed by atoms with Crippen molar-refractivity contribution in [3.63, 3.8) is 0 Å². The second-order valence-corrected chi connectivity index (χ2v) is 4.57. The zero-order chi connectivity index (χ0) is 11.0. The lowest BCUT2D eigenvalue weighted by Gasteiger charge is -2.21. The maximum atomic E-state index is 6.11. The summed E-state index contributed by atoms with van der Waals surface area (Å²) < 4.78 is 0. The third kappa shape index (κ3) is 2.06. The van der Waals surface area contributed by atoms with E-state index in [0.717, 1.165) is 17.8 Å². The summed E-state index contributed by atoms with van der Waals surface area (Å²) in [7, 11) is 0. The highest BCUT2D eigenvalue weighted by atomic mass is 35.5. The van der Waals surface area contributed by atoms with E-state index in [4.69, 9.17) is 28.9 Å². The van der Waals surface area contributed by atoms with Crippen LogP contribution >= 0.6 is 23.2 Å². The Hall–Kier alpha value is -0.480. The van der Waals surface area contributed by atoms with Crippen molar-refractivity contribution in [3.05, 3.63) is 27.7 Å². The van der Waals surface area contributed by atoms with E-state index in [-0.39, 0.29) is 6.04 Å². The molecule has 1 heterocycles. The lowest BCUT2D eigenvalue weighted by molar-refractivity contribution is 0.611. The Balaban J connectivity index is 2.32. The van der Waals surface area contributed by atoms with Crippen molar-refractivity contribution in [1.29, 1.82) is 0 Å². The van der Waals surface area contributed by atoms with Crippen LogP contribution in [-0.4, -0.2) is 12.6 Å². The van der Waals surface area contributed by atoms with Gasteiger partial charge >= 0.3 is 0 Å². The van der Waals surface area contributed by atoms with Gasteiger partial charge in [0.05, 0.1) is 15.7 Å². The van der Waals surface area contributed by atoms with E-state index in [2.05, 4.69) is 5.43 Å². The summed E-state index contributed by atoms with van der Waals surface area (Å²) in [6.45, 7) is 3.43. The van der Waals surface area contributed by atoms with Crippen LogP contribution in [0.25, 0.3) is 0 Å². The Morgan fingerprint density at radius 3 is 2.93 bits per heavy atom. The smallest absolute Gasteiger partial charge is 0.0659 e.